The summed E-state index contributed by atoms with van der Waals surface area (Å²) in [6.07, 6.45) is 1.85. The summed E-state index contributed by atoms with van der Waals surface area (Å²) in [4.78, 5) is 26.5. The molecule has 39 heavy (non-hydrogen) atoms. The first-order chi connectivity index (χ1) is 18.6. The summed E-state index contributed by atoms with van der Waals surface area (Å²) in [5, 5.41) is 15.0. The fourth-order valence-corrected chi connectivity index (χ4v) is 5.99. The van der Waals surface area contributed by atoms with Crippen LogP contribution >= 0.6 is 0 Å². The van der Waals surface area contributed by atoms with E-state index in [1.54, 1.807) is 41.3 Å². The van der Waals surface area contributed by atoms with Gasteiger partial charge in [0.2, 0.25) is 21.8 Å². The molecule has 1 aliphatic rings. The van der Waals surface area contributed by atoms with E-state index in [0.717, 1.165) is 29.2 Å². The Hall–Kier alpha value is -3.96. The van der Waals surface area contributed by atoms with Crippen LogP contribution in [0.15, 0.2) is 71.6 Å². The zero-order valence-corrected chi connectivity index (χ0v) is 22.6. The number of piperidine rings is 1. The Kier molecular flexibility index (Phi) is 8.82. The van der Waals surface area contributed by atoms with Crippen LogP contribution in [0.5, 0.6) is 0 Å². The number of hydrogen-bond acceptors (Lipinski definition) is 5. The summed E-state index contributed by atoms with van der Waals surface area (Å²) in [5.74, 6) is -0.532. The molecule has 2 amide bonds. The minimum absolute atomic E-state index is 0.00904. The van der Waals surface area contributed by atoms with Gasteiger partial charge in [0, 0.05) is 32.2 Å². The van der Waals surface area contributed by atoms with E-state index in [9.17, 15) is 18.0 Å². The largest absolute Gasteiger partial charge is 0.370 e. The van der Waals surface area contributed by atoms with Gasteiger partial charge in [0.25, 0.3) is 0 Å². The molecule has 1 unspecified atom stereocenters. The van der Waals surface area contributed by atoms with E-state index in [4.69, 9.17) is 11.1 Å². The molecule has 0 saturated carbocycles. The second-order valence-electron chi connectivity index (χ2n) is 9.85. The van der Waals surface area contributed by atoms with Crippen molar-refractivity contribution in [3.63, 3.8) is 0 Å². The molecule has 2 atom stereocenters. The van der Waals surface area contributed by atoms with Crippen molar-refractivity contribution in [2.75, 3.05) is 25.0 Å². The highest BCUT2D eigenvalue weighted by Gasteiger charge is 2.28. The van der Waals surface area contributed by atoms with Crippen molar-refractivity contribution in [1.82, 2.24) is 14.9 Å². The van der Waals surface area contributed by atoms with Gasteiger partial charge in [-0.05, 0) is 65.8 Å². The molecule has 1 heterocycles. The lowest BCUT2D eigenvalue weighted by Crippen LogP contribution is -2.51. The van der Waals surface area contributed by atoms with Gasteiger partial charge < -0.3 is 21.3 Å². The fourth-order valence-electron chi connectivity index (χ4n) is 4.76. The maximum absolute atomic E-state index is 13.4. The highest BCUT2D eigenvalue weighted by Crippen LogP contribution is 2.20. The van der Waals surface area contributed by atoms with Gasteiger partial charge in [0.1, 0.15) is 6.04 Å². The van der Waals surface area contributed by atoms with Crippen LogP contribution in [-0.4, -0.2) is 56.8 Å². The smallest absolute Gasteiger partial charge is 0.241 e. The van der Waals surface area contributed by atoms with Crippen LogP contribution in [-0.2, 0) is 26.0 Å². The average Bonchev–Trinajstić information content (AvgIpc) is 2.92. The first-order valence-corrected chi connectivity index (χ1v) is 14.3. The first kappa shape index (κ1) is 28.1. The number of likely N-dealkylation sites (tertiary alicyclic amines) is 1. The summed E-state index contributed by atoms with van der Waals surface area (Å²) in [7, 11) is -4.02. The number of sulfonamides is 1. The second-order valence-corrected chi connectivity index (χ2v) is 11.6. The van der Waals surface area contributed by atoms with E-state index in [1.807, 2.05) is 24.3 Å². The molecule has 1 fully saturated rings. The molecule has 0 aromatic heterocycles. The third kappa shape index (κ3) is 7.55. The molecule has 6 N–H and O–H groups in total. The van der Waals surface area contributed by atoms with Gasteiger partial charge in [0.05, 0.1) is 4.90 Å². The lowest BCUT2D eigenvalue weighted by Gasteiger charge is -2.33. The number of carbonyl (C=O) groups is 2. The Morgan fingerprint density at radius 1 is 1.08 bits per heavy atom. The lowest BCUT2D eigenvalue weighted by molar-refractivity contribution is -0.123. The van der Waals surface area contributed by atoms with Crippen molar-refractivity contribution in [3.05, 3.63) is 72.3 Å². The number of guanidine groups is 1. The van der Waals surface area contributed by atoms with Crippen molar-refractivity contribution in [2.45, 2.75) is 37.1 Å². The summed E-state index contributed by atoms with van der Waals surface area (Å²) < 4.78 is 29.4. The van der Waals surface area contributed by atoms with Gasteiger partial charge in [-0.1, -0.05) is 42.5 Å². The average molecular weight is 551 g/mol. The third-order valence-electron chi connectivity index (χ3n) is 6.78. The van der Waals surface area contributed by atoms with Crippen LogP contribution < -0.4 is 21.1 Å². The Morgan fingerprint density at radius 2 is 1.79 bits per heavy atom. The quantitative estimate of drug-likeness (QED) is 0.203. The lowest BCUT2D eigenvalue weighted by atomic mass is 9.98. The Bertz CT molecular complexity index is 1460. The molecule has 0 radical (unpaired) electrons. The number of amides is 2. The highest BCUT2D eigenvalue weighted by atomic mass is 32.2. The number of rotatable bonds is 9. The SMILES string of the molecule is CC(=O)Nc1ccc(C[C@@H](NS(=O)(=O)c2ccc3ccccc3c2)C(=O)NCC2CCCN(C(=N)N)C2)cc1. The van der Waals surface area contributed by atoms with Crippen LogP contribution in [0.4, 0.5) is 5.69 Å². The predicted octanol–water partition coefficient (Wildman–Crippen LogP) is 2.41. The van der Waals surface area contributed by atoms with E-state index in [0.29, 0.717) is 25.3 Å². The first-order valence-electron chi connectivity index (χ1n) is 12.8. The maximum atomic E-state index is 13.4. The van der Waals surface area contributed by atoms with Crippen LogP contribution in [0, 0.1) is 11.3 Å². The van der Waals surface area contributed by atoms with Crippen molar-refractivity contribution in [1.29, 1.82) is 5.41 Å². The molecular weight excluding hydrogens is 516 g/mol. The zero-order chi connectivity index (χ0) is 28.0. The highest BCUT2D eigenvalue weighted by molar-refractivity contribution is 7.89. The van der Waals surface area contributed by atoms with Gasteiger partial charge in [-0.25, -0.2) is 8.42 Å². The monoisotopic (exact) mass is 550 g/mol. The number of nitrogens with two attached hydrogens (primary N) is 1. The van der Waals surface area contributed by atoms with Crippen LogP contribution in [0.25, 0.3) is 10.8 Å². The standard InChI is InChI=1S/C28H34N6O4S/c1-19(35)32-24-11-8-20(9-12-24)15-26(27(36)31-17-21-5-4-14-34(18-21)28(29)30)33-39(37,38)25-13-10-22-6-2-3-7-23(22)16-25/h2-3,6-13,16,21,26,33H,4-5,14-15,17-18H2,1H3,(H3,29,30)(H,31,36)(H,32,35)/t21?,26-/m1/s1. The molecule has 10 nitrogen and oxygen atoms in total. The molecule has 11 heteroatoms. The molecule has 206 valence electrons. The topological polar surface area (TPSA) is 157 Å². The van der Waals surface area contributed by atoms with Gasteiger partial charge in [0.15, 0.2) is 5.96 Å². The van der Waals surface area contributed by atoms with Gasteiger partial charge in [-0.3, -0.25) is 15.0 Å². The molecule has 1 aliphatic heterocycles. The number of fused-ring (bicyclic) bond motifs is 1. The summed E-state index contributed by atoms with van der Waals surface area (Å²) in [6, 6.07) is 18.2. The number of nitrogens with one attached hydrogen (secondary N) is 4. The molecular formula is C28H34N6O4S. The van der Waals surface area contributed by atoms with Crippen LogP contribution in [0.1, 0.15) is 25.3 Å². The fraction of sp³-hybridized carbons (Fsp3) is 0.321. The van der Waals surface area contributed by atoms with E-state index in [-0.39, 0.29) is 29.1 Å². The van der Waals surface area contributed by atoms with Crippen molar-refractivity contribution >= 4 is 44.3 Å². The molecule has 1 saturated heterocycles. The Labute approximate surface area is 228 Å². The minimum atomic E-state index is -4.02. The van der Waals surface area contributed by atoms with Gasteiger partial charge >= 0.3 is 0 Å². The van der Waals surface area contributed by atoms with Crippen LogP contribution in [0.2, 0.25) is 0 Å². The Morgan fingerprint density at radius 3 is 2.49 bits per heavy atom. The molecule has 0 bridgehead atoms. The van der Waals surface area contributed by atoms with Crippen LogP contribution in [0.3, 0.4) is 0 Å². The molecule has 3 aromatic carbocycles. The Balaban J connectivity index is 1.52. The minimum Gasteiger partial charge on any atom is -0.370 e. The van der Waals surface area contributed by atoms with Gasteiger partial charge in [-0.15, -0.1) is 0 Å². The van der Waals surface area contributed by atoms with Crippen molar-refractivity contribution < 1.29 is 18.0 Å². The second kappa shape index (κ2) is 12.3. The van der Waals surface area contributed by atoms with E-state index < -0.39 is 22.0 Å². The third-order valence-corrected chi connectivity index (χ3v) is 8.25. The number of anilines is 1. The summed E-state index contributed by atoms with van der Waals surface area (Å²) >= 11 is 0. The van der Waals surface area contributed by atoms with Crippen molar-refractivity contribution in [2.24, 2.45) is 11.7 Å². The molecule has 3 aromatic rings. The van der Waals surface area contributed by atoms with E-state index in [2.05, 4.69) is 15.4 Å². The normalized spacial score (nSPS) is 16.4. The molecule has 4 rings (SSSR count). The zero-order valence-electron chi connectivity index (χ0n) is 21.8. The number of nitrogens with zero attached hydrogens (tertiary/aromatic N) is 1. The molecule has 0 spiro atoms. The number of benzene rings is 3. The van der Waals surface area contributed by atoms with Gasteiger partial charge in [-0.2, -0.15) is 4.72 Å². The maximum Gasteiger partial charge on any atom is 0.241 e. The van der Waals surface area contributed by atoms with E-state index >= 15 is 0 Å². The number of hydrogen-bond donors (Lipinski definition) is 5. The van der Waals surface area contributed by atoms with Crippen molar-refractivity contribution in [3.8, 4) is 0 Å². The molecule has 0 aliphatic carbocycles. The summed E-state index contributed by atoms with van der Waals surface area (Å²) in [5.41, 5.74) is 6.97. The van der Waals surface area contributed by atoms with E-state index in [1.165, 1.54) is 13.0 Å². The predicted molar refractivity (Wildman–Crippen MR) is 152 cm³/mol. The summed E-state index contributed by atoms with van der Waals surface area (Å²) in [6.45, 7) is 3.03. The number of carbonyl (C=O) groups excluding carboxylic acids is 2.